The highest BCUT2D eigenvalue weighted by molar-refractivity contribution is 5.71. The van der Waals surface area contributed by atoms with E-state index in [4.69, 9.17) is 9.84 Å². The van der Waals surface area contributed by atoms with Gasteiger partial charge in [-0.3, -0.25) is 5.10 Å². The Morgan fingerprint density at radius 3 is 3.18 bits per heavy atom. The molecule has 3 aromatic heterocycles. The summed E-state index contributed by atoms with van der Waals surface area (Å²) in [5.74, 6) is 1.73. The molecule has 0 radical (unpaired) electrons. The van der Waals surface area contributed by atoms with Gasteiger partial charge in [0.15, 0.2) is 11.5 Å². The van der Waals surface area contributed by atoms with Gasteiger partial charge in [-0.15, -0.1) is 0 Å². The van der Waals surface area contributed by atoms with Crippen LogP contribution in [-0.4, -0.2) is 54.7 Å². The highest BCUT2D eigenvalue weighted by atomic mass is 16.5. The molecular formula is C14H16N6O2. The number of rotatable bonds is 4. The highest BCUT2D eigenvalue weighted by Gasteiger charge is 2.22. The van der Waals surface area contributed by atoms with Crippen LogP contribution in [0.3, 0.4) is 0 Å². The molecular weight excluding hydrogens is 284 g/mol. The summed E-state index contributed by atoms with van der Waals surface area (Å²) in [4.78, 5) is 8.98. The van der Waals surface area contributed by atoms with Crippen LogP contribution in [-0.2, 0) is 11.2 Å². The lowest BCUT2D eigenvalue weighted by Crippen LogP contribution is -1.99. The maximum atomic E-state index is 8.99. The zero-order valence-corrected chi connectivity index (χ0v) is 11.9. The molecule has 1 aliphatic heterocycles. The van der Waals surface area contributed by atoms with E-state index in [-0.39, 0.29) is 12.5 Å². The summed E-state index contributed by atoms with van der Waals surface area (Å²) in [5.41, 5.74) is 2.43. The van der Waals surface area contributed by atoms with E-state index in [0.717, 1.165) is 30.0 Å². The number of hydrogen-bond donors (Lipinski definition) is 2. The van der Waals surface area contributed by atoms with E-state index >= 15 is 0 Å². The second kappa shape index (κ2) is 5.47. The Morgan fingerprint density at radius 1 is 1.41 bits per heavy atom. The number of ether oxygens (including phenoxy) is 1. The SMILES string of the molecule is OCCc1cnc2c(-c3n[nH]c([C@H]4CCOC4)n3)cnn2c1. The molecule has 4 rings (SSSR count). The lowest BCUT2D eigenvalue weighted by atomic mass is 10.1. The number of hydrogen-bond acceptors (Lipinski definition) is 6. The first-order valence-corrected chi connectivity index (χ1v) is 7.28. The first-order chi connectivity index (χ1) is 10.8. The van der Waals surface area contributed by atoms with Crippen LogP contribution in [0.1, 0.15) is 23.7 Å². The van der Waals surface area contributed by atoms with Crippen LogP contribution in [0.2, 0.25) is 0 Å². The van der Waals surface area contributed by atoms with Crippen molar-refractivity contribution in [3.8, 4) is 11.4 Å². The van der Waals surface area contributed by atoms with E-state index in [9.17, 15) is 0 Å². The van der Waals surface area contributed by atoms with Crippen molar-refractivity contribution in [2.24, 2.45) is 0 Å². The van der Waals surface area contributed by atoms with E-state index < -0.39 is 0 Å². The van der Waals surface area contributed by atoms with Crippen molar-refractivity contribution in [1.82, 2.24) is 29.8 Å². The predicted molar refractivity (Wildman–Crippen MR) is 77.3 cm³/mol. The largest absolute Gasteiger partial charge is 0.396 e. The molecule has 1 aliphatic rings. The molecule has 0 aliphatic carbocycles. The Morgan fingerprint density at radius 2 is 2.36 bits per heavy atom. The number of aromatic amines is 1. The minimum absolute atomic E-state index is 0.0923. The van der Waals surface area contributed by atoms with E-state index in [1.54, 1.807) is 16.9 Å². The van der Waals surface area contributed by atoms with Gasteiger partial charge < -0.3 is 9.84 Å². The van der Waals surface area contributed by atoms with Crippen molar-refractivity contribution < 1.29 is 9.84 Å². The van der Waals surface area contributed by atoms with Gasteiger partial charge in [0.2, 0.25) is 0 Å². The number of aliphatic hydroxyl groups is 1. The van der Waals surface area contributed by atoms with E-state index in [2.05, 4.69) is 25.3 Å². The third kappa shape index (κ3) is 2.26. The minimum atomic E-state index is 0.0923. The molecule has 0 unspecified atom stereocenters. The van der Waals surface area contributed by atoms with E-state index in [1.165, 1.54) is 0 Å². The normalized spacial score (nSPS) is 18.3. The zero-order chi connectivity index (χ0) is 14.9. The van der Waals surface area contributed by atoms with Crippen molar-refractivity contribution in [3.63, 3.8) is 0 Å². The Labute approximate surface area is 126 Å². The molecule has 1 saturated heterocycles. The van der Waals surface area contributed by atoms with Crippen LogP contribution in [0, 0.1) is 0 Å². The summed E-state index contributed by atoms with van der Waals surface area (Å²) >= 11 is 0. The summed E-state index contributed by atoms with van der Waals surface area (Å²) < 4.78 is 7.07. The van der Waals surface area contributed by atoms with Crippen LogP contribution >= 0.6 is 0 Å². The fourth-order valence-electron chi connectivity index (χ4n) is 2.66. The number of aliphatic hydroxyl groups excluding tert-OH is 1. The van der Waals surface area contributed by atoms with Crippen molar-refractivity contribution in [2.75, 3.05) is 19.8 Å². The zero-order valence-electron chi connectivity index (χ0n) is 11.9. The van der Waals surface area contributed by atoms with Crippen LogP contribution in [0.5, 0.6) is 0 Å². The third-order valence-corrected chi connectivity index (χ3v) is 3.87. The second-order valence-corrected chi connectivity index (χ2v) is 5.37. The number of nitrogens with zero attached hydrogens (tertiary/aromatic N) is 5. The maximum absolute atomic E-state index is 8.99. The van der Waals surface area contributed by atoms with Crippen molar-refractivity contribution in [2.45, 2.75) is 18.8 Å². The average molecular weight is 300 g/mol. The first-order valence-electron chi connectivity index (χ1n) is 7.28. The van der Waals surface area contributed by atoms with Gasteiger partial charge >= 0.3 is 0 Å². The van der Waals surface area contributed by atoms with Crippen LogP contribution < -0.4 is 0 Å². The Balaban J connectivity index is 1.68. The van der Waals surface area contributed by atoms with Crippen LogP contribution in [0.25, 0.3) is 17.0 Å². The van der Waals surface area contributed by atoms with Gasteiger partial charge in [0.25, 0.3) is 0 Å². The topological polar surface area (TPSA) is 101 Å². The third-order valence-electron chi connectivity index (χ3n) is 3.87. The monoisotopic (exact) mass is 300 g/mol. The Kier molecular flexibility index (Phi) is 3.32. The van der Waals surface area contributed by atoms with Gasteiger partial charge in [0, 0.05) is 31.5 Å². The van der Waals surface area contributed by atoms with Gasteiger partial charge in [-0.25, -0.2) is 14.5 Å². The minimum Gasteiger partial charge on any atom is -0.396 e. The standard InChI is InChI=1S/C14H16N6O2/c21-3-1-9-5-15-14-11(6-16-20(14)7-9)13-17-12(18-19-13)10-2-4-22-8-10/h5-7,10,21H,1-4,8H2,(H,17,18,19)/t10-/m0/s1. The molecule has 114 valence electrons. The average Bonchev–Trinajstić information content (AvgIpc) is 3.26. The molecule has 4 heterocycles. The fraction of sp³-hybridized carbons (Fsp3) is 0.429. The molecule has 1 fully saturated rings. The molecule has 1 atom stereocenters. The van der Waals surface area contributed by atoms with Crippen molar-refractivity contribution in [3.05, 3.63) is 30.0 Å². The summed E-state index contributed by atoms with van der Waals surface area (Å²) in [6, 6.07) is 0. The summed E-state index contributed by atoms with van der Waals surface area (Å²) in [6.07, 6.45) is 6.84. The lowest BCUT2D eigenvalue weighted by molar-refractivity contribution is 0.193. The first kappa shape index (κ1) is 13.4. The molecule has 3 aromatic rings. The highest BCUT2D eigenvalue weighted by Crippen LogP contribution is 2.25. The quantitative estimate of drug-likeness (QED) is 0.730. The molecule has 0 amide bonds. The van der Waals surface area contributed by atoms with E-state index in [0.29, 0.717) is 24.5 Å². The number of H-pyrrole nitrogens is 1. The van der Waals surface area contributed by atoms with Gasteiger partial charge in [-0.2, -0.15) is 10.2 Å². The molecule has 0 aromatic carbocycles. The van der Waals surface area contributed by atoms with Gasteiger partial charge in [-0.05, 0) is 18.4 Å². The van der Waals surface area contributed by atoms with Crippen molar-refractivity contribution >= 4 is 5.65 Å². The molecule has 8 nitrogen and oxygen atoms in total. The van der Waals surface area contributed by atoms with E-state index in [1.807, 2.05) is 6.20 Å². The predicted octanol–water partition coefficient (Wildman–Crippen LogP) is 0.553. The van der Waals surface area contributed by atoms with Crippen molar-refractivity contribution in [1.29, 1.82) is 0 Å². The summed E-state index contributed by atoms with van der Waals surface area (Å²) in [5, 5.41) is 20.6. The Bertz CT molecular complexity index is 790. The van der Waals surface area contributed by atoms with Gasteiger partial charge in [0.1, 0.15) is 5.82 Å². The number of aromatic nitrogens is 6. The molecule has 22 heavy (non-hydrogen) atoms. The molecule has 0 spiro atoms. The molecule has 2 N–H and O–H groups in total. The summed E-state index contributed by atoms with van der Waals surface area (Å²) in [6.45, 7) is 1.55. The fourth-order valence-corrected chi connectivity index (χ4v) is 2.66. The smallest absolute Gasteiger partial charge is 0.186 e. The van der Waals surface area contributed by atoms with Crippen LogP contribution in [0.15, 0.2) is 18.6 Å². The summed E-state index contributed by atoms with van der Waals surface area (Å²) in [7, 11) is 0. The van der Waals surface area contributed by atoms with Gasteiger partial charge in [-0.1, -0.05) is 0 Å². The molecule has 0 saturated carbocycles. The lowest BCUT2D eigenvalue weighted by Gasteiger charge is -2.00. The number of nitrogens with one attached hydrogen (secondary N) is 1. The second-order valence-electron chi connectivity index (χ2n) is 5.37. The molecule has 0 bridgehead atoms. The van der Waals surface area contributed by atoms with Gasteiger partial charge in [0.05, 0.1) is 18.4 Å². The maximum Gasteiger partial charge on any atom is 0.186 e. The van der Waals surface area contributed by atoms with Crippen LogP contribution in [0.4, 0.5) is 0 Å². The molecule has 8 heteroatoms. The Hall–Kier alpha value is -2.32. The number of fused-ring (bicyclic) bond motifs is 1.